The van der Waals surface area contributed by atoms with Crippen LogP contribution in [0.25, 0.3) is 11.8 Å². The third kappa shape index (κ3) is 2.76. The SMILES string of the molecule is FC(F)(F)C1O/C(=C\c2ccc(Cl)cc2)c2ccccc21. The molecule has 1 atom stereocenters. The molecule has 0 radical (unpaired) electrons. The first-order valence-electron chi connectivity index (χ1n) is 6.25. The van der Waals surface area contributed by atoms with Crippen LogP contribution in [0.4, 0.5) is 13.2 Å². The van der Waals surface area contributed by atoms with E-state index in [1.165, 1.54) is 6.07 Å². The van der Waals surface area contributed by atoms with Crippen LogP contribution in [-0.4, -0.2) is 6.18 Å². The summed E-state index contributed by atoms with van der Waals surface area (Å²) in [6, 6.07) is 13.1. The van der Waals surface area contributed by atoms with Crippen molar-refractivity contribution in [3.8, 4) is 0 Å². The van der Waals surface area contributed by atoms with Gasteiger partial charge in [0.15, 0.2) is 0 Å². The molecule has 1 heterocycles. The zero-order valence-electron chi connectivity index (χ0n) is 10.7. The van der Waals surface area contributed by atoms with Crippen molar-refractivity contribution < 1.29 is 17.9 Å². The monoisotopic (exact) mass is 310 g/mol. The molecule has 0 aromatic heterocycles. The molecule has 1 unspecified atom stereocenters. The van der Waals surface area contributed by atoms with Crippen molar-refractivity contribution in [3.05, 3.63) is 70.2 Å². The van der Waals surface area contributed by atoms with E-state index in [-0.39, 0.29) is 11.3 Å². The lowest BCUT2D eigenvalue weighted by Crippen LogP contribution is -2.19. The Bertz CT molecular complexity index is 689. The van der Waals surface area contributed by atoms with E-state index in [0.29, 0.717) is 10.6 Å². The Morgan fingerprint density at radius 3 is 2.33 bits per heavy atom. The van der Waals surface area contributed by atoms with E-state index >= 15 is 0 Å². The normalized spacial score (nSPS) is 19.4. The summed E-state index contributed by atoms with van der Waals surface area (Å²) in [4.78, 5) is 0. The second-order valence-corrected chi connectivity index (χ2v) is 5.12. The predicted octanol–water partition coefficient (Wildman–Crippen LogP) is 5.47. The summed E-state index contributed by atoms with van der Waals surface area (Å²) in [5.41, 5.74) is 1.34. The lowest BCUT2D eigenvalue weighted by molar-refractivity contribution is -0.201. The van der Waals surface area contributed by atoms with Gasteiger partial charge in [-0.2, -0.15) is 13.2 Å². The Kier molecular flexibility index (Phi) is 3.41. The molecular formula is C16H10ClF3O. The topological polar surface area (TPSA) is 9.23 Å². The molecular weight excluding hydrogens is 301 g/mol. The third-order valence-corrected chi connectivity index (χ3v) is 3.47. The molecule has 21 heavy (non-hydrogen) atoms. The fraction of sp³-hybridized carbons (Fsp3) is 0.125. The van der Waals surface area contributed by atoms with Crippen molar-refractivity contribution in [3.63, 3.8) is 0 Å². The van der Waals surface area contributed by atoms with Crippen LogP contribution in [0.2, 0.25) is 5.02 Å². The Morgan fingerprint density at radius 2 is 1.67 bits per heavy atom. The van der Waals surface area contributed by atoms with Crippen molar-refractivity contribution >= 4 is 23.4 Å². The van der Waals surface area contributed by atoms with Crippen LogP contribution in [0.1, 0.15) is 22.8 Å². The highest BCUT2D eigenvalue weighted by Gasteiger charge is 2.48. The lowest BCUT2D eigenvalue weighted by atomic mass is 10.0. The van der Waals surface area contributed by atoms with Gasteiger partial charge in [-0.25, -0.2) is 0 Å². The van der Waals surface area contributed by atoms with E-state index in [1.807, 2.05) is 0 Å². The van der Waals surface area contributed by atoms with Crippen LogP contribution in [0.5, 0.6) is 0 Å². The molecule has 1 aliphatic rings. The summed E-state index contributed by atoms with van der Waals surface area (Å²) in [6.45, 7) is 0. The number of hydrogen-bond donors (Lipinski definition) is 0. The summed E-state index contributed by atoms with van der Waals surface area (Å²) in [7, 11) is 0. The smallest absolute Gasteiger partial charge is 0.429 e. The number of fused-ring (bicyclic) bond motifs is 1. The number of rotatable bonds is 1. The first-order valence-corrected chi connectivity index (χ1v) is 6.63. The van der Waals surface area contributed by atoms with E-state index in [0.717, 1.165) is 5.56 Å². The highest BCUT2D eigenvalue weighted by Crippen LogP contribution is 2.47. The van der Waals surface area contributed by atoms with Gasteiger partial charge in [0, 0.05) is 16.1 Å². The van der Waals surface area contributed by atoms with Gasteiger partial charge in [0.1, 0.15) is 5.76 Å². The molecule has 3 rings (SSSR count). The minimum atomic E-state index is -4.44. The maximum Gasteiger partial charge on any atom is 0.429 e. The van der Waals surface area contributed by atoms with Gasteiger partial charge in [-0.15, -0.1) is 0 Å². The number of halogens is 4. The molecule has 0 fully saturated rings. The van der Waals surface area contributed by atoms with Crippen molar-refractivity contribution in [2.24, 2.45) is 0 Å². The van der Waals surface area contributed by atoms with Crippen LogP contribution in [0.3, 0.4) is 0 Å². The Morgan fingerprint density at radius 1 is 1.00 bits per heavy atom. The number of benzene rings is 2. The highest BCUT2D eigenvalue weighted by molar-refractivity contribution is 6.30. The molecule has 0 N–H and O–H groups in total. The van der Waals surface area contributed by atoms with E-state index < -0.39 is 12.3 Å². The maximum absolute atomic E-state index is 13.0. The summed E-state index contributed by atoms with van der Waals surface area (Å²) >= 11 is 5.79. The van der Waals surface area contributed by atoms with E-state index in [1.54, 1.807) is 48.5 Å². The third-order valence-electron chi connectivity index (χ3n) is 3.22. The maximum atomic E-state index is 13.0. The summed E-state index contributed by atoms with van der Waals surface area (Å²) in [6.07, 6.45) is -4.76. The van der Waals surface area contributed by atoms with Crippen LogP contribution >= 0.6 is 11.6 Å². The minimum absolute atomic E-state index is 0.144. The van der Waals surface area contributed by atoms with Crippen LogP contribution in [-0.2, 0) is 4.74 Å². The first kappa shape index (κ1) is 14.0. The second kappa shape index (κ2) is 5.11. The largest absolute Gasteiger partial charge is 0.475 e. The van der Waals surface area contributed by atoms with Crippen LogP contribution in [0, 0.1) is 0 Å². The fourth-order valence-corrected chi connectivity index (χ4v) is 2.40. The average Bonchev–Trinajstić information content (AvgIpc) is 2.81. The number of ether oxygens (including phenoxy) is 1. The van der Waals surface area contributed by atoms with Gasteiger partial charge in [-0.3, -0.25) is 0 Å². The second-order valence-electron chi connectivity index (χ2n) is 4.69. The summed E-state index contributed by atoms with van der Waals surface area (Å²) in [5.74, 6) is 0.218. The van der Waals surface area contributed by atoms with E-state index in [2.05, 4.69) is 0 Å². The Balaban J connectivity index is 2.03. The van der Waals surface area contributed by atoms with E-state index in [9.17, 15) is 13.2 Å². The standard InChI is InChI=1S/C16H10ClF3O/c17-11-7-5-10(6-8-11)9-14-12-3-1-2-4-13(12)15(21-14)16(18,19)20/h1-9,15H/b14-9-. The summed E-state index contributed by atoms with van der Waals surface area (Å²) in [5, 5.41) is 0.568. The van der Waals surface area contributed by atoms with Gasteiger partial charge in [0.05, 0.1) is 0 Å². The number of hydrogen-bond acceptors (Lipinski definition) is 1. The quantitative estimate of drug-likeness (QED) is 0.678. The van der Waals surface area contributed by atoms with Gasteiger partial charge in [0.2, 0.25) is 6.10 Å². The molecule has 0 saturated heterocycles. The molecule has 5 heteroatoms. The van der Waals surface area contributed by atoms with Crippen LogP contribution < -0.4 is 0 Å². The molecule has 0 saturated carbocycles. The van der Waals surface area contributed by atoms with Gasteiger partial charge in [-0.1, -0.05) is 48.0 Å². The molecule has 0 amide bonds. The zero-order valence-corrected chi connectivity index (χ0v) is 11.4. The molecule has 0 aliphatic carbocycles. The molecule has 2 aromatic carbocycles. The fourth-order valence-electron chi connectivity index (χ4n) is 2.27. The van der Waals surface area contributed by atoms with Gasteiger partial charge >= 0.3 is 6.18 Å². The molecule has 0 spiro atoms. The lowest BCUT2D eigenvalue weighted by Gasteiger charge is -2.15. The Labute approximate surface area is 124 Å². The van der Waals surface area contributed by atoms with Crippen molar-refractivity contribution in [2.45, 2.75) is 12.3 Å². The Hall–Kier alpha value is -1.94. The minimum Gasteiger partial charge on any atom is -0.475 e. The summed E-state index contributed by atoms with van der Waals surface area (Å²) < 4.78 is 44.2. The molecule has 2 aromatic rings. The highest BCUT2D eigenvalue weighted by atomic mass is 35.5. The van der Waals surface area contributed by atoms with Crippen molar-refractivity contribution in [1.29, 1.82) is 0 Å². The van der Waals surface area contributed by atoms with Gasteiger partial charge in [-0.05, 0) is 23.8 Å². The average molecular weight is 311 g/mol. The first-order chi connectivity index (χ1) is 9.95. The van der Waals surface area contributed by atoms with Crippen molar-refractivity contribution in [1.82, 2.24) is 0 Å². The van der Waals surface area contributed by atoms with E-state index in [4.69, 9.17) is 16.3 Å². The van der Waals surface area contributed by atoms with Crippen molar-refractivity contribution in [2.75, 3.05) is 0 Å². The molecule has 0 bridgehead atoms. The number of alkyl halides is 3. The van der Waals surface area contributed by atoms with Gasteiger partial charge < -0.3 is 4.74 Å². The molecule has 1 nitrogen and oxygen atoms in total. The molecule has 1 aliphatic heterocycles. The zero-order chi connectivity index (χ0) is 15.0. The molecule has 108 valence electrons. The van der Waals surface area contributed by atoms with Crippen LogP contribution in [0.15, 0.2) is 48.5 Å². The van der Waals surface area contributed by atoms with Gasteiger partial charge in [0.25, 0.3) is 0 Å². The predicted molar refractivity (Wildman–Crippen MR) is 75.6 cm³/mol.